The Hall–Kier alpha value is -2.21. The molecule has 1 atom stereocenters. The molecule has 0 fully saturated rings. The maximum atomic E-state index is 12.8. The number of aliphatic hydroxyl groups excluding tert-OH is 1. The number of rotatable bonds is 4. The lowest BCUT2D eigenvalue weighted by molar-refractivity contribution is 0.0910. The summed E-state index contributed by atoms with van der Waals surface area (Å²) in [6, 6.07) is 5.57. The van der Waals surface area contributed by atoms with Crippen LogP contribution in [0.15, 0.2) is 24.3 Å². The van der Waals surface area contributed by atoms with E-state index in [1.54, 1.807) is 0 Å². The van der Waals surface area contributed by atoms with E-state index in [1.165, 1.54) is 24.3 Å². The summed E-state index contributed by atoms with van der Waals surface area (Å²) >= 11 is 0. The van der Waals surface area contributed by atoms with Crippen LogP contribution in [0.5, 0.6) is 0 Å². The fourth-order valence-corrected chi connectivity index (χ4v) is 2.74. The van der Waals surface area contributed by atoms with Gasteiger partial charge in [0, 0.05) is 17.8 Å². The first-order valence-corrected chi connectivity index (χ1v) is 7.43. The first-order valence-electron chi connectivity index (χ1n) is 7.43. The normalized spacial score (nSPS) is 15.2. The number of aromatic amines is 1. The summed E-state index contributed by atoms with van der Waals surface area (Å²) in [7, 11) is 0. The molecule has 1 amide bonds. The Bertz CT molecular complexity index is 667. The summed E-state index contributed by atoms with van der Waals surface area (Å²) in [5.41, 5.74) is 3.00. The quantitative estimate of drug-likeness (QED) is 0.807. The SMILES string of the molecule is O=C(NCC(O)c1ccc(F)cc1)c1n[nH]c2c1CCCC2. The fourth-order valence-electron chi connectivity index (χ4n) is 2.74. The van der Waals surface area contributed by atoms with E-state index in [0.29, 0.717) is 11.3 Å². The van der Waals surface area contributed by atoms with Gasteiger partial charge in [-0.3, -0.25) is 9.89 Å². The second-order valence-corrected chi connectivity index (χ2v) is 5.51. The number of carbonyl (C=O) groups excluding carboxylic acids is 1. The van der Waals surface area contributed by atoms with Crippen LogP contribution in [-0.4, -0.2) is 27.8 Å². The number of amides is 1. The topological polar surface area (TPSA) is 78.0 Å². The molecule has 1 unspecified atom stereocenters. The monoisotopic (exact) mass is 303 g/mol. The van der Waals surface area contributed by atoms with Crippen molar-refractivity contribution in [2.45, 2.75) is 31.8 Å². The zero-order chi connectivity index (χ0) is 15.5. The smallest absolute Gasteiger partial charge is 0.272 e. The average Bonchev–Trinajstić information content (AvgIpc) is 2.97. The molecule has 116 valence electrons. The van der Waals surface area contributed by atoms with Crippen LogP contribution in [0.25, 0.3) is 0 Å². The van der Waals surface area contributed by atoms with Crippen molar-refractivity contribution in [3.05, 3.63) is 52.6 Å². The van der Waals surface area contributed by atoms with Crippen molar-refractivity contribution in [2.75, 3.05) is 6.54 Å². The molecule has 0 spiro atoms. The molecular formula is C16H18FN3O2. The van der Waals surface area contributed by atoms with Crippen LogP contribution < -0.4 is 5.32 Å². The fraction of sp³-hybridized carbons (Fsp3) is 0.375. The van der Waals surface area contributed by atoms with Crippen molar-refractivity contribution in [1.29, 1.82) is 0 Å². The predicted molar refractivity (Wildman–Crippen MR) is 78.9 cm³/mol. The minimum atomic E-state index is -0.876. The predicted octanol–water partition coefficient (Wildman–Crippen LogP) is 1.89. The lowest BCUT2D eigenvalue weighted by atomic mass is 9.96. The lowest BCUT2D eigenvalue weighted by Gasteiger charge is -2.13. The van der Waals surface area contributed by atoms with Crippen molar-refractivity contribution >= 4 is 5.91 Å². The second kappa shape index (κ2) is 6.27. The molecule has 1 aliphatic carbocycles. The van der Waals surface area contributed by atoms with E-state index in [0.717, 1.165) is 36.9 Å². The standard InChI is InChI=1S/C16H18FN3O2/c17-11-7-5-10(6-8-11)14(21)9-18-16(22)15-12-3-1-2-4-13(12)19-20-15/h5-8,14,21H,1-4,9H2,(H,18,22)(H,19,20). The van der Waals surface area contributed by atoms with Gasteiger partial charge in [-0.25, -0.2) is 4.39 Å². The van der Waals surface area contributed by atoms with Crippen molar-refractivity contribution < 1.29 is 14.3 Å². The molecule has 6 heteroatoms. The number of hydrogen-bond donors (Lipinski definition) is 3. The summed E-state index contributed by atoms with van der Waals surface area (Å²) in [5, 5.41) is 19.7. The largest absolute Gasteiger partial charge is 0.387 e. The molecule has 0 radical (unpaired) electrons. The third-order valence-corrected chi connectivity index (χ3v) is 3.98. The summed E-state index contributed by atoms with van der Waals surface area (Å²) < 4.78 is 12.8. The number of hydrogen-bond acceptors (Lipinski definition) is 3. The van der Waals surface area contributed by atoms with Crippen molar-refractivity contribution in [1.82, 2.24) is 15.5 Å². The Morgan fingerprint density at radius 1 is 1.32 bits per heavy atom. The molecule has 5 nitrogen and oxygen atoms in total. The van der Waals surface area contributed by atoms with Crippen LogP contribution in [0, 0.1) is 5.82 Å². The van der Waals surface area contributed by atoms with Gasteiger partial charge in [-0.1, -0.05) is 12.1 Å². The molecule has 1 aromatic carbocycles. The van der Waals surface area contributed by atoms with Crippen LogP contribution in [0.1, 0.15) is 46.3 Å². The van der Waals surface area contributed by atoms with Gasteiger partial charge >= 0.3 is 0 Å². The molecule has 0 bridgehead atoms. The summed E-state index contributed by atoms with van der Waals surface area (Å²) in [6.45, 7) is 0.0616. The van der Waals surface area contributed by atoms with Gasteiger partial charge in [-0.2, -0.15) is 5.10 Å². The highest BCUT2D eigenvalue weighted by Gasteiger charge is 2.22. The highest BCUT2D eigenvalue weighted by atomic mass is 19.1. The molecule has 3 rings (SSSR count). The zero-order valence-electron chi connectivity index (χ0n) is 12.1. The second-order valence-electron chi connectivity index (χ2n) is 5.51. The number of aromatic nitrogens is 2. The number of carbonyl (C=O) groups is 1. The lowest BCUT2D eigenvalue weighted by Crippen LogP contribution is -2.29. The first-order chi connectivity index (χ1) is 10.6. The molecule has 0 aliphatic heterocycles. The Morgan fingerprint density at radius 2 is 2.05 bits per heavy atom. The molecule has 1 heterocycles. The molecular weight excluding hydrogens is 285 g/mol. The number of nitrogens with one attached hydrogen (secondary N) is 2. The summed E-state index contributed by atoms with van der Waals surface area (Å²) in [5.74, 6) is -0.649. The Kier molecular flexibility index (Phi) is 4.20. The van der Waals surface area contributed by atoms with Gasteiger partial charge in [0.2, 0.25) is 0 Å². The zero-order valence-corrected chi connectivity index (χ0v) is 12.1. The van der Waals surface area contributed by atoms with Crippen molar-refractivity contribution in [2.24, 2.45) is 0 Å². The number of halogens is 1. The van der Waals surface area contributed by atoms with E-state index in [9.17, 15) is 14.3 Å². The van der Waals surface area contributed by atoms with Gasteiger partial charge in [0.1, 0.15) is 5.82 Å². The molecule has 3 N–H and O–H groups in total. The van der Waals surface area contributed by atoms with Gasteiger partial charge in [0.05, 0.1) is 6.10 Å². The van der Waals surface area contributed by atoms with Gasteiger partial charge in [0.15, 0.2) is 5.69 Å². The third kappa shape index (κ3) is 3.01. The Balaban J connectivity index is 1.62. The third-order valence-electron chi connectivity index (χ3n) is 3.98. The van der Waals surface area contributed by atoms with Crippen LogP contribution in [0.2, 0.25) is 0 Å². The maximum Gasteiger partial charge on any atom is 0.272 e. The van der Waals surface area contributed by atoms with Gasteiger partial charge in [-0.05, 0) is 43.4 Å². The molecule has 1 aromatic heterocycles. The molecule has 1 aliphatic rings. The molecule has 2 aromatic rings. The highest BCUT2D eigenvalue weighted by molar-refractivity contribution is 5.94. The number of fused-ring (bicyclic) bond motifs is 1. The maximum absolute atomic E-state index is 12.8. The van der Waals surface area contributed by atoms with Gasteiger partial charge < -0.3 is 10.4 Å². The first kappa shape index (κ1) is 14.7. The number of aryl methyl sites for hydroxylation is 1. The van der Waals surface area contributed by atoms with Gasteiger partial charge in [0.25, 0.3) is 5.91 Å². The highest BCUT2D eigenvalue weighted by Crippen LogP contribution is 2.22. The Morgan fingerprint density at radius 3 is 2.82 bits per heavy atom. The Labute approximate surface area is 127 Å². The van der Waals surface area contributed by atoms with E-state index in [2.05, 4.69) is 15.5 Å². The number of benzene rings is 1. The van der Waals surface area contributed by atoms with E-state index in [-0.39, 0.29) is 18.3 Å². The van der Waals surface area contributed by atoms with E-state index >= 15 is 0 Å². The van der Waals surface area contributed by atoms with Crippen molar-refractivity contribution in [3.63, 3.8) is 0 Å². The number of aliphatic hydroxyl groups is 1. The van der Waals surface area contributed by atoms with Crippen molar-refractivity contribution in [3.8, 4) is 0 Å². The summed E-state index contributed by atoms with van der Waals surface area (Å²) in [4.78, 5) is 12.2. The molecule has 0 saturated heterocycles. The molecule has 0 saturated carbocycles. The number of nitrogens with zero attached hydrogens (tertiary/aromatic N) is 1. The van der Waals surface area contributed by atoms with Crippen LogP contribution in [-0.2, 0) is 12.8 Å². The molecule has 22 heavy (non-hydrogen) atoms. The minimum Gasteiger partial charge on any atom is -0.387 e. The summed E-state index contributed by atoms with van der Waals surface area (Å²) in [6.07, 6.45) is 3.08. The number of H-pyrrole nitrogens is 1. The van der Waals surface area contributed by atoms with Gasteiger partial charge in [-0.15, -0.1) is 0 Å². The average molecular weight is 303 g/mol. The van der Waals surface area contributed by atoms with E-state index < -0.39 is 6.10 Å². The van der Waals surface area contributed by atoms with Crippen LogP contribution in [0.4, 0.5) is 4.39 Å². The van der Waals surface area contributed by atoms with E-state index in [4.69, 9.17) is 0 Å². The van der Waals surface area contributed by atoms with Crippen LogP contribution in [0.3, 0.4) is 0 Å². The van der Waals surface area contributed by atoms with E-state index in [1.807, 2.05) is 0 Å². The van der Waals surface area contributed by atoms with Crippen LogP contribution >= 0.6 is 0 Å². The minimum absolute atomic E-state index is 0.0616.